The molecule has 5 heteroatoms. The molecule has 3 rings (SSSR count). The van der Waals surface area contributed by atoms with Crippen LogP contribution in [0.15, 0.2) is 30.8 Å². The number of nitrogens with zero attached hydrogens (tertiary/aromatic N) is 2. The highest BCUT2D eigenvalue weighted by Crippen LogP contribution is 2.31. The van der Waals surface area contributed by atoms with Gasteiger partial charge < -0.3 is 10.0 Å². The Balaban J connectivity index is 1.76. The van der Waals surface area contributed by atoms with E-state index in [9.17, 15) is 14.7 Å². The summed E-state index contributed by atoms with van der Waals surface area (Å²) < 4.78 is 0. The molecule has 1 atom stereocenters. The fourth-order valence-corrected chi connectivity index (χ4v) is 3.08. The Morgan fingerprint density at radius 2 is 2.05 bits per heavy atom. The van der Waals surface area contributed by atoms with Crippen LogP contribution in [0, 0.1) is 0 Å². The molecule has 0 aromatic heterocycles. The number of carbonyl (C=O) groups is 2. The summed E-state index contributed by atoms with van der Waals surface area (Å²) in [5, 5.41) is 9.30. The molecule has 1 fully saturated rings. The molecule has 110 valence electrons. The first-order chi connectivity index (χ1) is 10.1. The molecule has 0 aliphatic carbocycles. The third-order valence-corrected chi connectivity index (χ3v) is 4.24. The van der Waals surface area contributed by atoms with E-state index in [0.717, 1.165) is 18.4 Å². The van der Waals surface area contributed by atoms with Crippen molar-refractivity contribution in [1.29, 1.82) is 0 Å². The quantitative estimate of drug-likeness (QED) is 0.905. The molecule has 0 spiro atoms. The van der Waals surface area contributed by atoms with E-state index in [2.05, 4.69) is 6.58 Å². The summed E-state index contributed by atoms with van der Waals surface area (Å²) in [4.78, 5) is 27.8. The number of carbonyl (C=O) groups excluding carboxylic acids is 2. The van der Waals surface area contributed by atoms with Crippen LogP contribution in [-0.4, -0.2) is 52.5 Å². The van der Waals surface area contributed by atoms with Crippen molar-refractivity contribution in [2.75, 3.05) is 19.7 Å². The van der Waals surface area contributed by atoms with Gasteiger partial charge in [0.25, 0.3) is 5.91 Å². The number of likely N-dealkylation sites (tertiary alicyclic amines) is 1. The molecule has 1 aromatic carbocycles. The smallest absolute Gasteiger partial charge is 0.259 e. The molecule has 2 aliphatic rings. The van der Waals surface area contributed by atoms with Crippen molar-refractivity contribution in [3.05, 3.63) is 42.0 Å². The third-order valence-electron chi connectivity index (χ3n) is 4.24. The van der Waals surface area contributed by atoms with E-state index in [1.54, 1.807) is 17.0 Å². The van der Waals surface area contributed by atoms with Gasteiger partial charge in [-0.25, -0.2) is 0 Å². The van der Waals surface area contributed by atoms with Gasteiger partial charge in [-0.15, -0.1) is 0 Å². The second-order valence-corrected chi connectivity index (χ2v) is 5.45. The van der Waals surface area contributed by atoms with Gasteiger partial charge in [0.15, 0.2) is 0 Å². The highest BCUT2D eigenvalue weighted by molar-refractivity contribution is 6.10. The summed E-state index contributed by atoms with van der Waals surface area (Å²) in [6.45, 7) is 4.54. The van der Waals surface area contributed by atoms with Gasteiger partial charge in [0.05, 0.1) is 12.6 Å². The van der Waals surface area contributed by atoms with Gasteiger partial charge in [0.1, 0.15) is 6.54 Å². The molecule has 21 heavy (non-hydrogen) atoms. The van der Waals surface area contributed by atoms with Crippen LogP contribution in [-0.2, 0) is 4.79 Å². The molecule has 1 unspecified atom stereocenters. The van der Waals surface area contributed by atoms with Gasteiger partial charge >= 0.3 is 0 Å². The number of aliphatic hydroxyl groups is 1. The van der Waals surface area contributed by atoms with Gasteiger partial charge in [-0.2, -0.15) is 0 Å². The Morgan fingerprint density at radius 3 is 2.71 bits per heavy atom. The van der Waals surface area contributed by atoms with Gasteiger partial charge in [0, 0.05) is 23.4 Å². The maximum Gasteiger partial charge on any atom is 0.259 e. The maximum atomic E-state index is 12.4. The number of aliphatic hydroxyl groups excluding tert-OH is 1. The predicted molar refractivity (Wildman–Crippen MR) is 78.3 cm³/mol. The van der Waals surface area contributed by atoms with Crippen LogP contribution in [0.5, 0.6) is 0 Å². The lowest BCUT2D eigenvalue weighted by Gasteiger charge is -2.26. The summed E-state index contributed by atoms with van der Waals surface area (Å²) in [5.74, 6) is -0.308. The van der Waals surface area contributed by atoms with Gasteiger partial charge in [-0.05, 0) is 18.9 Å². The second kappa shape index (κ2) is 5.33. The van der Waals surface area contributed by atoms with Crippen LogP contribution in [0.4, 0.5) is 0 Å². The van der Waals surface area contributed by atoms with E-state index in [1.807, 2.05) is 12.1 Å². The highest BCUT2D eigenvalue weighted by Gasteiger charge is 2.35. The van der Waals surface area contributed by atoms with E-state index in [0.29, 0.717) is 17.8 Å². The Kier molecular flexibility index (Phi) is 3.51. The van der Waals surface area contributed by atoms with Gasteiger partial charge in [-0.3, -0.25) is 14.5 Å². The number of rotatable bonds is 3. The van der Waals surface area contributed by atoms with Crippen LogP contribution in [0.2, 0.25) is 0 Å². The first-order valence-corrected chi connectivity index (χ1v) is 7.14. The molecule has 0 radical (unpaired) electrons. The zero-order valence-electron chi connectivity index (χ0n) is 11.8. The topological polar surface area (TPSA) is 60.9 Å². The van der Waals surface area contributed by atoms with Crippen molar-refractivity contribution in [3.8, 4) is 0 Å². The van der Waals surface area contributed by atoms with Crippen molar-refractivity contribution >= 4 is 17.5 Å². The van der Waals surface area contributed by atoms with Crippen molar-refractivity contribution < 1.29 is 14.7 Å². The van der Waals surface area contributed by atoms with Gasteiger partial charge in [0.2, 0.25) is 5.91 Å². The number of benzene rings is 1. The first-order valence-electron chi connectivity index (χ1n) is 7.14. The lowest BCUT2D eigenvalue weighted by molar-refractivity contribution is -0.132. The number of fused-ring (bicyclic) bond motifs is 1. The van der Waals surface area contributed by atoms with Crippen molar-refractivity contribution in [2.45, 2.75) is 18.9 Å². The minimum Gasteiger partial charge on any atom is -0.394 e. The van der Waals surface area contributed by atoms with Crippen LogP contribution in [0.1, 0.15) is 28.8 Å². The zero-order chi connectivity index (χ0) is 15.0. The monoisotopic (exact) mass is 286 g/mol. The molecule has 1 aromatic rings. The number of hydrogen-bond donors (Lipinski definition) is 1. The van der Waals surface area contributed by atoms with E-state index in [-0.39, 0.29) is 31.0 Å². The van der Waals surface area contributed by atoms with E-state index in [4.69, 9.17) is 0 Å². The Labute approximate surface area is 123 Å². The largest absolute Gasteiger partial charge is 0.394 e. The van der Waals surface area contributed by atoms with Crippen LogP contribution in [0.3, 0.4) is 0 Å². The van der Waals surface area contributed by atoms with E-state index < -0.39 is 0 Å². The fraction of sp³-hybridized carbons (Fsp3) is 0.375. The van der Waals surface area contributed by atoms with Crippen molar-refractivity contribution in [1.82, 2.24) is 9.80 Å². The zero-order valence-corrected chi connectivity index (χ0v) is 11.8. The Morgan fingerprint density at radius 1 is 1.33 bits per heavy atom. The average molecular weight is 286 g/mol. The summed E-state index contributed by atoms with van der Waals surface area (Å²) in [7, 11) is 0. The average Bonchev–Trinajstić information content (AvgIpc) is 3.07. The molecule has 0 saturated carbocycles. The van der Waals surface area contributed by atoms with Crippen LogP contribution in [0.25, 0.3) is 5.70 Å². The molecule has 5 nitrogen and oxygen atoms in total. The highest BCUT2D eigenvalue weighted by atomic mass is 16.3. The standard InChI is InChI=1S/C16H18N2O3/c1-11-13-6-2-3-7-14(13)16(21)18(11)9-15(20)17-8-4-5-12(17)10-19/h2-3,6-7,12,19H,1,4-5,8-10H2. The summed E-state index contributed by atoms with van der Waals surface area (Å²) >= 11 is 0. The number of hydrogen-bond acceptors (Lipinski definition) is 3. The van der Waals surface area contributed by atoms with Crippen molar-refractivity contribution in [3.63, 3.8) is 0 Å². The molecule has 1 N–H and O–H groups in total. The number of amides is 2. The molecule has 1 saturated heterocycles. The lowest BCUT2D eigenvalue weighted by Crippen LogP contribution is -2.43. The minimum atomic E-state index is -0.177. The molecule has 2 amide bonds. The molecule has 0 bridgehead atoms. The molecular weight excluding hydrogens is 268 g/mol. The first kappa shape index (κ1) is 13.8. The van der Waals surface area contributed by atoms with Crippen LogP contribution < -0.4 is 0 Å². The van der Waals surface area contributed by atoms with Crippen LogP contribution >= 0.6 is 0 Å². The van der Waals surface area contributed by atoms with Gasteiger partial charge in [-0.1, -0.05) is 24.8 Å². The molecule has 2 heterocycles. The predicted octanol–water partition coefficient (Wildman–Crippen LogP) is 1.10. The molecular formula is C16H18N2O3. The fourth-order valence-electron chi connectivity index (χ4n) is 3.08. The summed E-state index contributed by atoms with van der Waals surface area (Å²) in [6, 6.07) is 7.13. The maximum absolute atomic E-state index is 12.4. The molecule has 2 aliphatic heterocycles. The second-order valence-electron chi connectivity index (χ2n) is 5.45. The van der Waals surface area contributed by atoms with E-state index in [1.165, 1.54) is 4.90 Å². The van der Waals surface area contributed by atoms with Crippen molar-refractivity contribution in [2.24, 2.45) is 0 Å². The lowest BCUT2D eigenvalue weighted by atomic mass is 10.1. The normalized spacial score (nSPS) is 21.1. The van der Waals surface area contributed by atoms with E-state index >= 15 is 0 Å². The Hall–Kier alpha value is -2.14. The summed E-state index contributed by atoms with van der Waals surface area (Å²) in [6.07, 6.45) is 1.71. The third kappa shape index (κ3) is 2.23. The Bertz CT molecular complexity index is 576. The minimum absolute atomic E-state index is 0.0111. The summed E-state index contributed by atoms with van der Waals surface area (Å²) in [5.41, 5.74) is 1.95. The SMILES string of the molecule is C=C1c2ccccc2C(=O)N1CC(=O)N1CCCC1CO.